The Morgan fingerprint density at radius 1 is 0.806 bits per heavy atom. The molecular weight excluding hydrogens is 461 g/mol. The summed E-state index contributed by atoms with van der Waals surface area (Å²) in [4.78, 5) is 28.5. The van der Waals surface area contributed by atoms with Crippen LogP contribution in [0.1, 0.15) is 11.1 Å². The summed E-state index contributed by atoms with van der Waals surface area (Å²) >= 11 is 0. The third kappa shape index (κ3) is 5.59. The lowest BCUT2D eigenvalue weighted by atomic mass is 10.0. The summed E-state index contributed by atoms with van der Waals surface area (Å²) in [6, 6.07) is 23.7. The van der Waals surface area contributed by atoms with Gasteiger partial charge in [0.05, 0.1) is 5.69 Å². The van der Waals surface area contributed by atoms with Gasteiger partial charge in [0.25, 0.3) is 0 Å². The molecule has 2 aliphatic rings. The quantitative estimate of drug-likeness (QED) is 0.510. The first-order chi connectivity index (χ1) is 17.5. The van der Waals surface area contributed by atoms with Crippen molar-refractivity contribution in [3.8, 4) is 0 Å². The number of benzene rings is 3. The number of nitrogens with one attached hydrogen (secondary N) is 1. The number of likely N-dealkylation sites (tertiary alicyclic amines) is 1. The number of rotatable bonds is 6. The number of hydrogen-bond acceptors (Lipinski definition) is 5. The number of nitrogens with zero attached hydrogens (tertiary/aromatic N) is 2. The van der Waals surface area contributed by atoms with E-state index in [1.807, 2.05) is 60.7 Å². The van der Waals surface area contributed by atoms with E-state index in [4.69, 9.17) is 9.47 Å². The van der Waals surface area contributed by atoms with Crippen LogP contribution in [0.3, 0.4) is 0 Å². The van der Waals surface area contributed by atoms with Crippen LogP contribution in [-0.2, 0) is 22.7 Å². The molecule has 0 aromatic heterocycles. The molecule has 7 nitrogen and oxygen atoms in total. The van der Waals surface area contributed by atoms with Crippen LogP contribution in [0.4, 0.5) is 25.4 Å². The molecule has 2 fully saturated rings. The molecule has 36 heavy (non-hydrogen) atoms. The van der Waals surface area contributed by atoms with Crippen LogP contribution in [0.2, 0.25) is 0 Å². The summed E-state index contributed by atoms with van der Waals surface area (Å²) in [5.74, 6) is 0.0959. The van der Waals surface area contributed by atoms with Crippen molar-refractivity contribution in [3.05, 3.63) is 95.8 Å². The van der Waals surface area contributed by atoms with E-state index in [0.29, 0.717) is 24.9 Å². The molecule has 2 aliphatic heterocycles. The van der Waals surface area contributed by atoms with Crippen LogP contribution in [0.25, 0.3) is 0 Å². The Bertz CT molecular complexity index is 1190. The zero-order valence-corrected chi connectivity index (χ0v) is 19.8. The Morgan fingerprint density at radius 3 is 1.97 bits per heavy atom. The first-order valence-electron chi connectivity index (χ1n) is 12.0. The second kappa shape index (κ2) is 10.7. The maximum absolute atomic E-state index is 14.7. The molecule has 2 atom stereocenters. The van der Waals surface area contributed by atoms with Gasteiger partial charge in [0.15, 0.2) is 0 Å². The third-order valence-corrected chi connectivity index (χ3v) is 6.72. The predicted octanol–water partition coefficient (Wildman–Crippen LogP) is 5.28. The molecule has 1 N–H and O–H groups in total. The van der Waals surface area contributed by atoms with Crippen LogP contribution < -0.4 is 10.2 Å². The van der Waals surface area contributed by atoms with Crippen LogP contribution in [0.15, 0.2) is 78.9 Å². The van der Waals surface area contributed by atoms with E-state index in [-0.39, 0.29) is 25.0 Å². The minimum absolute atomic E-state index is 0.0727. The van der Waals surface area contributed by atoms with Gasteiger partial charge in [-0.2, -0.15) is 0 Å². The number of halogens is 1. The van der Waals surface area contributed by atoms with Gasteiger partial charge < -0.3 is 19.3 Å². The summed E-state index contributed by atoms with van der Waals surface area (Å²) in [6.45, 7) is 3.10. The SMILES string of the molecule is O=C(Nc1ccc(N2C[C@H]3CN(C(=O)OCc4ccccc4)C[C@H]3C2)cc1F)OCc1ccccc1. The smallest absolute Gasteiger partial charge is 0.412 e. The second-order valence-corrected chi connectivity index (χ2v) is 9.22. The van der Waals surface area contributed by atoms with Gasteiger partial charge in [-0.3, -0.25) is 5.32 Å². The number of carbonyl (C=O) groups is 2. The molecule has 2 amide bonds. The highest BCUT2D eigenvalue weighted by Crippen LogP contribution is 2.35. The number of carbonyl (C=O) groups excluding carboxylic acids is 2. The molecule has 5 rings (SSSR count). The topological polar surface area (TPSA) is 71.1 Å². The lowest BCUT2D eigenvalue weighted by molar-refractivity contribution is 0.102. The molecular formula is C28H28FN3O4. The number of anilines is 2. The molecule has 0 radical (unpaired) electrons. The Hall–Kier alpha value is -4.07. The summed E-state index contributed by atoms with van der Waals surface area (Å²) in [5.41, 5.74) is 2.64. The van der Waals surface area contributed by atoms with Crippen molar-refractivity contribution in [2.45, 2.75) is 13.2 Å². The average Bonchev–Trinajstić information content (AvgIpc) is 3.48. The van der Waals surface area contributed by atoms with Crippen LogP contribution >= 0.6 is 0 Å². The van der Waals surface area contributed by atoms with Crippen molar-refractivity contribution in [2.75, 3.05) is 36.4 Å². The number of ether oxygens (including phenoxy) is 2. The highest BCUT2D eigenvalue weighted by atomic mass is 19.1. The Kier molecular flexibility index (Phi) is 7.02. The molecule has 0 spiro atoms. The Balaban J connectivity index is 1.10. The Morgan fingerprint density at radius 2 is 1.39 bits per heavy atom. The fraction of sp³-hybridized carbons (Fsp3) is 0.286. The van der Waals surface area contributed by atoms with Gasteiger partial charge in [-0.05, 0) is 29.3 Å². The zero-order valence-electron chi connectivity index (χ0n) is 19.8. The summed E-state index contributed by atoms with van der Waals surface area (Å²) in [7, 11) is 0. The highest BCUT2D eigenvalue weighted by molar-refractivity contribution is 5.85. The van der Waals surface area contributed by atoms with Gasteiger partial charge in [0.1, 0.15) is 19.0 Å². The van der Waals surface area contributed by atoms with Crippen molar-refractivity contribution in [1.82, 2.24) is 4.90 Å². The highest BCUT2D eigenvalue weighted by Gasteiger charge is 2.42. The molecule has 0 saturated carbocycles. The first-order valence-corrected chi connectivity index (χ1v) is 12.0. The summed E-state index contributed by atoms with van der Waals surface area (Å²) in [5, 5.41) is 2.47. The van der Waals surface area contributed by atoms with Crippen LogP contribution in [0, 0.1) is 17.7 Å². The molecule has 8 heteroatoms. The predicted molar refractivity (Wildman–Crippen MR) is 134 cm³/mol. The van der Waals surface area contributed by atoms with Crippen molar-refractivity contribution >= 4 is 23.6 Å². The maximum Gasteiger partial charge on any atom is 0.412 e. The summed E-state index contributed by atoms with van der Waals surface area (Å²) < 4.78 is 25.4. The lowest BCUT2D eigenvalue weighted by Gasteiger charge is -2.23. The Labute approximate surface area is 209 Å². The second-order valence-electron chi connectivity index (χ2n) is 9.22. The van der Waals surface area contributed by atoms with Gasteiger partial charge in [0.2, 0.25) is 0 Å². The van der Waals surface area contributed by atoms with E-state index in [0.717, 1.165) is 29.9 Å². The van der Waals surface area contributed by atoms with Gasteiger partial charge in [-0.25, -0.2) is 14.0 Å². The van der Waals surface area contributed by atoms with Crippen molar-refractivity contribution in [3.63, 3.8) is 0 Å². The fourth-order valence-corrected chi connectivity index (χ4v) is 4.83. The fourth-order valence-electron chi connectivity index (χ4n) is 4.83. The minimum Gasteiger partial charge on any atom is -0.445 e. The van der Waals surface area contributed by atoms with E-state index in [1.165, 1.54) is 6.07 Å². The van der Waals surface area contributed by atoms with Gasteiger partial charge >= 0.3 is 12.2 Å². The molecule has 2 heterocycles. The van der Waals surface area contributed by atoms with E-state index >= 15 is 0 Å². The average molecular weight is 490 g/mol. The molecule has 0 unspecified atom stereocenters. The monoisotopic (exact) mass is 489 g/mol. The van der Waals surface area contributed by atoms with Crippen molar-refractivity contribution in [2.24, 2.45) is 11.8 Å². The van der Waals surface area contributed by atoms with Crippen LogP contribution in [-0.4, -0.2) is 43.3 Å². The number of amides is 2. The molecule has 186 valence electrons. The minimum atomic E-state index is -0.708. The van der Waals surface area contributed by atoms with E-state index in [1.54, 1.807) is 17.0 Å². The van der Waals surface area contributed by atoms with E-state index in [2.05, 4.69) is 10.2 Å². The molecule has 3 aromatic carbocycles. The standard InChI is InChI=1S/C28H28FN3O4/c29-25-13-24(11-12-26(25)30-27(33)35-18-20-7-3-1-4-8-20)31-14-22-16-32(17-23(22)15-31)28(34)36-19-21-9-5-2-6-10-21/h1-13,22-23H,14-19H2,(H,30,33)/t22-,23+. The molecule has 0 bridgehead atoms. The summed E-state index contributed by atoms with van der Waals surface area (Å²) in [6.07, 6.45) is -0.999. The van der Waals surface area contributed by atoms with Crippen molar-refractivity contribution < 1.29 is 23.5 Å². The maximum atomic E-state index is 14.7. The van der Waals surface area contributed by atoms with Crippen molar-refractivity contribution in [1.29, 1.82) is 0 Å². The normalized spacial score (nSPS) is 18.6. The van der Waals surface area contributed by atoms with Gasteiger partial charge in [-0.15, -0.1) is 0 Å². The molecule has 0 aliphatic carbocycles. The van der Waals surface area contributed by atoms with Gasteiger partial charge in [-0.1, -0.05) is 60.7 Å². The van der Waals surface area contributed by atoms with E-state index < -0.39 is 11.9 Å². The number of fused-ring (bicyclic) bond motifs is 1. The number of hydrogen-bond donors (Lipinski definition) is 1. The largest absolute Gasteiger partial charge is 0.445 e. The molecule has 2 saturated heterocycles. The van der Waals surface area contributed by atoms with Crippen LogP contribution in [0.5, 0.6) is 0 Å². The lowest BCUT2D eigenvalue weighted by Crippen LogP contribution is -2.33. The van der Waals surface area contributed by atoms with Gasteiger partial charge in [0, 0.05) is 43.7 Å². The van der Waals surface area contributed by atoms with E-state index in [9.17, 15) is 14.0 Å². The third-order valence-electron chi connectivity index (χ3n) is 6.72. The zero-order chi connectivity index (χ0) is 24.9. The first kappa shape index (κ1) is 23.7. The molecule has 3 aromatic rings.